The Hall–Kier alpha value is -0.655. The Bertz CT molecular complexity index is 224. The highest BCUT2D eigenvalue weighted by molar-refractivity contribution is 6.20. The minimum absolute atomic E-state index is 0.178. The molecule has 0 bridgehead atoms. The molecule has 0 aromatic rings. The van der Waals surface area contributed by atoms with Gasteiger partial charge in [-0.1, -0.05) is 25.5 Å². The van der Waals surface area contributed by atoms with Gasteiger partial charge in [-0.3, -0.25) is 0 Å². The second kappa shape index (κ2) is 5.28. The molecule has 0 aromatic carbocycles. The predicted octanol–water partition coefficient (Wildman–Crippen LogP) is 2.90. The average molecular weight is 193 g/mol. The van der Waals surface area contributed by atoms with Gasteiger partial charge >= 0.3 is 0 Å². The highest BCUT2D eigenvalue weighted by Crippen LogP contribution is 2.24. The first-order valence-corrected chi connectivity index (χ1v) is 5.41. The van der Waals surface area contributed by atoms with Crippen molar-refractivity contribution in [2.24, 2.45) is 0 Å². The van der Waals surface area contributed by atoms with Crippen molar-refractivity contribution < 1.29 is 0 Å². The molecule has 0 rings (SSSR count). The van der Waals surface area contributed by atoms with E-state index in [1.807, 2.05) is 0 Å². The monoisotopic (exact) mass is 193 g/mol. The van der Waals surface area contributed by atoms with Crippen LogP contribution >= 0.6 is 0 Å². The molecule has 0 amide bonds. The smallest absolute Gasteiger partial charge is 0.160 e. The molecule has 0 aliphatic rings. The van der Waals surface area contributed by atoms with Crippen LogP contribution in [0.25, 0.3) is 0 Å². The third kappa shape index (κ3) is 4.04. The number of rotatable bonds is 5. The molecule has 0 radical (unpaired) electrons. The van der Waals surface area contributed by atoms with Gasteiger partial charge in [-0.2, -0.15) is 0 Å². The largest absolute Gasteiger partial charge is 0.356 e. The Morgan fingerprint density at radius 3 is 2.21 bits per heavy atom. The fourth-order valence-electron chi connectivity index (χ4n) is 1.79. The van der Waals surface area contributed by atoms with Gasteiger partial charge in [-0.25, -0.2) is 0 Å². The number of hydrogen-bond donors (Lipinski definition) is 0. The minimum atomic E-state index is 0.178. The van der Waals surface area contributed by atoms with E-state index < -0.39 is 0 Å². The third-order valence-electron chi connectivity index (χ3n) is 2.31. The number of allylic oxidation sites excluding steroid dienone is 1. The van der Waals surface area contributed by atoms with E-state index in [1.165, 1.54) is 18.4 Å². The number of nitrogens with zero attached hydrogens (tertiary/aromatic N) is 1. The van der Waals surface area contributed by atoms with E-state index in [4.69, 9.17) is 0 Å². The zero-order chi connectivity index (χ0) is 11.4. The van der Waals surface area contributed by atoms with E-state index in [2.05, 4.69) is 60.1 Å². The Balaban J connectivity index is 4.82. The minimum Gasteiger partial charge on any atom is -0.356 e. The van der Waals surface area contributed by atoms with E-state index in [9.17, 15) is 0 Å². The van der Waals surface area contributed by atoms with Crippen LogP contribution in [-0.4, -0.2) is 18.3 Å². The van der Waals surface area contributed by atoms with Crippen LogP contribution in [0.4, 0.5) is 0 Å². The van der Waals surface area contributed by atoms with E-state index in [-0.39, 0.29) is 5.54 Å². The van der Waals surface area contributed by atoms with E-state index >= 15 is 0 Å². The van der Waals surface area contributed by atoms with Crippen LogP contribution in [-0.2, 0) is 0 Å². The fraction of sp³-hybridized carbons (Fsp3) is 0.667. The van der Waals surface area contributed by atoms with Gasteiger partial charge in [-0.15, -0.1) is 0 Å². The van der Waals surface area contributed by atoms with Crippen molar-refractivity contribution in [3.8, 4) is 0 Å². The molecule has 0 saturated carbocycles. The quantitative estimate of drug-likeness (QED) is 0.607. The normalized spacial score (nSPS) is 10.9. The summed E-state index contributed by atoms with van der Waals surface area (Å²) in [7, 11) is 2.07. The highest BCUT2D eigenvalue weighted by Gasteiger charge is 2.23. The molecule has 0 aliphatic carbocycles. The molecule has 0 spiro atoms. The van der Waals surface area contributed by atoms with Crippen LogP contribution in [0.5, 0.6) is 0 Å². The molecule has 0 unspecified atom stereocenters. The zero-order valence-electron chi connectivity index (χ0n) is 10.6. The standard InChI is InChI=1S/C12H24BN/c1-7-8-12(5,6)14(11(4)13)9-10(2)3/h9H,4,7-8,13H2,1-3,5-6H3. The lowest BCUT2D eigenvalue weighted by Crippen LogP contribution is -2.39. The van der Waals surface area contributed by atoms with Gasteiger partial charge in [0.05, 0.1) is 0 Å². The van der Waals surface area contributed by atoms with Gasteiger partial charge < -0.3 is 4.90 Å². The molecule has 0 aliphatic heterocycles. The van der Waals surface area contributed by atoms with Crippen molar-refractivity contribution in [3.63, 3.8) is 0 Å². The van der Waals surface area contributed by atoms with Gasteiger partial charge in [0.25, 0.3) is 0 Å². The van der Waals surface area contributed by atoms with Crippen LogP contribution < -0.4 is 0 Å². The lowest BCUT2D eigenvalue weighted by molar-refractivity contribution is 0.226. The van der Waals surface area contributed by atoms with Crippen molar-refractivity contribution >= 4 is 7.85 Å². The molecule has 2 heteroatoms. The van der Waals surface area contributed by atoms with Crippen molar-refractivity contribution in [1.29, 1.82) is 0 Å². The first kappa shape index (κ1) is 13.3. The van der Waals surface area contributed by atoms with E-state index in [1.54, 1.807) is 0 Å². The fourth-order valence-corrected chi connectivity index (χ4v) is 1.79. The molecule has 0 fully saturated rings. The summed E-state index contributed by atoms with van der Waals surface area (Å²) in [5, 5.41) is 0. The molecule has 0 heterocycles. The van der Waals surface area contributed by atoms with Crippen molar-refractivity contribution in [1.82, 2.24) is 4.90 Å². The predicted molar refractivity (Wildman–Crippen MR) is 67.9 cm³/mol. The van der Waals surface area contributed by atoms with Crippen LogP contribution in [0.1, 0.15) is 47.5 Å². The Morgan fingerprint density at radius 1 is 1.43 bits per heavy atom. The maximum absolute atomic E-state index is 4.04. The van der Waals surface area contributed by atoms with E-state index in [0.717, 1.165) is 5.60 Å². The summed E-state index contributed by atoms with van der Waals surface area (Å²) in [4.78, 5) is 2.28. The Kier molecular flexibility index (Phi) is 5.03. The maximum atomic E-state index is 4.04. The second-order valence-electron chi connectivity index (χ2n) is 4.87. The summed E-state index contributed by atoms with van der Waals surface area (Å²) in [6.07, 6.45) is 4.58. The third-order valence-corrected chi connectivity index (χ3v) is 2.31. The van der Waals surface area contributed by atoms with Crippen molar-refractivity contribution in [2.45, 2.75) is 53.0 Å². The summed E-state index contributed by atoms with van der Waals surface area (Å²) in [6, 6.07) is 0. The summed E-state index contributed by atoms with van der Waals surface area (Å²) >= 11 is 0. The number of hydrogen-bond acceptors (Lipinski definition) is 1. The summed E-state index contributed by atoms with van der Waals surface area (Å²) in [5.74, 6) is 0. The lowest BCUT2D eigenvalue weighted by atomic mass is 9.92. The van der Waals surface area contributed by atoms with Crippen LogP contribution in [0.2, 0.25) is 0 Å². The van der Waals surface area contributed by atoms with Crippen LogP contribution in [0, 0.1) is 0 Å². The molecule has 80 valence electrons. The van der Waals surface area contributed by atoms with Gasteiger partial charge in [-0.05, 0) is 39.7 Å². The van der Waals surface area contributed by atoms with Gasteiger partial charge in [0.1, 0.15) is 0 Å². The van der Waals surface area contributed by atoms with Gasteiger partial charge in [0.15, 0.2) is 7.85 Å². The average Bonchev–Trinajstić information content (AvgIpc) is 1.99. The molecule has 0 N–H and O–H groups in total. The molecule has 0 saturated heterocycles. The van der Waals surface area contributed by atoms with Crippen LogP contribution in [0.3, 0.4) is 0 Å². The second-order valence-corrected chi connectivity index (χ2v) is 4.87. The maximum Gasteiger partial charge on any atom is 0.160 e. The highest BCUT2D eigenvalue weighted by atomic mass is 15.2. The first-order chi connectivity index (χ1) is 6.31. The van der Waals surface area contributed by atoms with Gasteiger partial charge in [0.2, 0.25) is 0 Å². The molecule has 0 aromatic heterocycles. The summed E-state index contributed by atoms with van der Waals surface area (Å²) in [6.45, 7) is 15.0. The van der Waals surface area contributed by atoms with Crippen LogP contribution in [0.15, 0.2) is 23.9 Å². The Morgan fingerprint density at radius 2 is 1.93 bits per heavy atom. The molecule has 1 nitrogen and oxygen atoms in total. The molecular formula is C12H24BN. The summed E-state index contributed by atoms with van der Waals surface area (Å²) in [5.41, 5.74) is 2.61. The van der Waals surface area contributed by atoms with Gasteiger partial charge in [0, 0.05) is 11.7 Å². The molecule has 0 atom stereocenters. The van der Waals surface area contributed by atoms with E-state index in [0.29, 0.717) is 0 Å². The zero-order valence-corrected chi connectivity index (χ0v) is 10.6. The topological polar surface area (TPSA) is 3.24 Å². The lowest BCUT2D eigenvalue weighted by Gasteiger charge is -2.39. The molecular weight excluding hydrogens is 169 g/mol. The SMILES string of the molecule is BC(=C)N(C=C(C)C)C(C)(C)CCC. The Labute approximate surface area is 90.3 Å². The van der Waals surface area contributed by atoms with Crippen molar-refractivity contribution in [3.05, 3.63) is 23.9 Å². The summed E-state index contributed by atoms with van der Waals surface area (Å²) < 4.78 is 0. The first-order valence-electron chi connectivity index (χ1n) is 5.41. The van der Waals surface area contributed by atoms with Crippen molar-refractivity contribution in [2.75, 3.05) is 0 Å². The molecule has 14 heavy (non-hydrogen) atoms.